The minimum Gasteiger partial charge on any atom is -0.338 e. The Morgan fingerprint density at radius 3 is 2.12 bits per heavy atom. The zero-order valence-electron chi connectivity index (χ0n) is 23.1. The van der Waals surface area contributed by atoms with Gasteiger partial charge in [-0.3, -0.25) is 14.5 Å². The number of likely N-dealkylation sites (tertiary alicyclic amines) is 2. The lowest BCUT2D eigenvalue weighted by atomic mass is 9.91. The summed E-state index contributed by atoms with van der Waals surface area (Å²) in [5.74, 6) is 0.496. The summed E-state index contributed by atoms with van der Waals surface area (Å²) in [6.07, 6.45) is 6.05. The van der Waals surface area contributed by atoms with Crippen LogP contribution in [0.4, 0.5) is 5.69 Å². The molecule has 0 unspecified atom stereocenters. The summed E-state index contributed by atoms with van der Waals surface area (Å²) in [5.41, 5.74) is 3.24. The van der Waals surface area contributed by atoms with E-state index in [1.807, 2.05) is 30.3 Å². The molecule has 0 saturated carbocycles. The summed E-state index contributed by atoms with van der Waals surface area (Å²) in [4.78, 5) is 34.4. The Labute approximate surface area is 236 Å². The predicted octanol–water partition coefficient (Wildman–Crippen LogP) is 6.29. The van der Waals surface area contributed by atoms with Crippen molar-refractivity contribution < 1.29 is 9.59 Å². The smallest absolute Gasteiger partial charge is 0.255 e. The van der Waals surface area contributed by atoms with Crippen molar-refractivity contribution in [2.75, 3.05) is 37.6 Å². The lowest BCUT2D eigenvalue weighted by Gasteiger charge is -2.43. The second kappa shape index (κ2) is 10.7. The van der Waals surface area contributed by atoms with Crippen LogP contribution in [0.5, 0.6) is 0 Å². The quantitative estimate of drug-likeness (QED) is 0.292. The number of fused-ring (bicyclic) bond motifs is 3. The van der Waals surface area contributed by atoms with Crippen LogP contribution >= 0.6 is 0 Å². The molecule has 40 heavy (non-hydrogen) atoms. The van der Waals surface area contributed by atoms with Crippen LogP contribution in [-0.4, -0.2) is 60.4 Å². The molecule has 0 bridgehead atoms. The summed E-state index contributed by atoms with van der Waals surface area (Å²) in [6.45, 7) is 4.23. The minimum absolute atomic E-state index is 0.0571. The highest BCUT2D eigenvalue weighted by atomic mass is 16.2. The molecule has 2 saturated heterocycles. The number of amides is 2. The number of carbonyl (C=O) groups is 2. The zero-order chi connectivity index (χ0) is 27.1. The molecule has 0 aliphatic carbocycles. The van der Waals surface area contributed by atoms with Crippen molar-refractivity contribution in [3.8, 4) is 0 Å². The van der Waals surface area contributed by atoms with Crippen molar-refractivity contribution in [1.29, 1.82) is 0 Å². The van der Waals surface area contributed by atoms with Crippen LogP contribution in [0.15, 0.2) is 78.9 Å². The van der Waals surface area contributed by atoms with Gasteiger partial charge in [0.1, 0.15) is 0 Å². The van der Waals surface area contributed by atoms with E-state index in [-0.39, 0.29) is 11.8 Å². The van der Waals surface area contributed by atoms with E-state index >= 15 is 0 Å². The van der Waals surface area contributed by atoms with Crippen LogP contribution in [0.1, 0.15) is 48.0 Å². The number of para-hydroxylation sites is 1. The van der Waals surface area contributed by atoms with Gasteiger partial charge in [0.05, 0.1) is 11.5 Å². The van der Waals surface area contributed by atoms with Gasteiger partial charge in [0.25, 0.3) is 5.91 Å². The second-order valence-electron chi connectivity index (χ2n) is 11.8. The summed E-state index contributed by atoms with van der Waals surface area (Å²) >= 11 is 0. The number of rotatable bonds is 3. The number of aryl methyl sites for hydroxylation is 1. The normalized spacial score (nSPS) is 20.6. The maximum Gasteiger partial charge on any atom is 0.255 e. The van der Waals surface area contributed by atoms with Crippen molar-refractivity contribution in [1.82, 2.24) is 9.80 Å². The van der Waals surface area contributed by atoms with Crippen molar-refractivity contribution in [2.45, 2.75) is 44.6 Å². The Kier molecular flexibility index (Phi) is 6.76. The predicted molar refractivity (Wildman–Crippen MR) is 162 cm³/mol. The van der Waals surface area contributed by atoms with Gasteiger partial charge in [0, 0.05) is 37.9 Å². The third kappa shape index (κ3) is 4.56. The molecule has 3 aliphatic rings. The van der Waals surface area contributed by atoms with E-state index in [4.69, 9.17) is 0 Å². The van der Waals surface area contributed by atoms with Crippen LogP contribution in [0.3, 0.4) is 0 Å². The van der Waals surface area contributed by atoms with Crippen molar-refractivity contribution in [3.63, 3.8) is 0 Å². The summed E-state index contributed by atoms with van der Waals surface area (Å²) < 4.78 is 0. The van der Waals surface area contributed by atoms with Gasteiger partial charge in [0.15, 0.2) is 0 Å². The first-order valence-electron chi connectivity index (χ1n) is 15.0. The van der Waals surface area contributed by atoms with Crippen molar-refractivity contribution in [3.05, 3.63) is 90.0 Å². The van der Waals surface area contributed by atoms with E-state index < -0.39 is 0 Å². The van der Waals surface area contributed by atoms with Crippen LogP contribution in [0.25, 0.3) is 21.5 Å². The molecule has 0 spiro atoms. The van der Waals surface area contributed by atoms with E-state index in [9.17, 15) is 9.59 Å². The van der Waals surface area contributed by atoms with E-state index in [1.54, 1.807) is 0 Å². The third-order valence-electron chi connectivity index (χ3n) is 9.43. The number of nitrogens with zero attached hydrogens (tertiary/aromatic N) is 3. The monoisotopic (exact) mass is 531 g/mol. The Hall–Kier alpha value is -3.70. The maximum absolute atomic E-state index is 14.0. The van der Waals surface area contributed by atoms with Gasteiger partial charge < -0.3 is 9.80 Å². The summed E-state index contributed by atoms with van der Waals surface area (Å²) in [7, 11) is 0. The van der Waals surface area contributed by atoms with Crippen LogP contribution in [0, 0.1) is 5.92 Å². The first kappa shape index (κ1) is 25.3. The van der Waals surface area contributed by atoms with Gasteiger partial charge in [-0.25, -0.2) is 0 Å². The molecule has 3 heterocycles. The maximum atomic E-state index is 14.0. The minimum atomic E-state index is 0.0571. The largest absolute Gasteiger partial charge is 0.338 e. The van der Waals surface area contributed by atoms with Crippen LogP contribution < -0.4 is 4.90 Å². The van der Waals surface area contributed by atoms with E-state index in [1.165, 1.54) is 5.56 Å². The molecule has 5 nitrogen and oxygen atoms in total. The fraction of sp³-hybridized carbons (Fsp3) is 0.371. The number of carbonyl (C=O) groups excluding carboxylic acids is 2. The van der Waals surface area contributed by atoms with Gasteiger partial charge in [-0.2, -0.15) is 0 Å². The highest BCUT2D eigenvalue weighted by molar-refractivity contribution is 6.18. The molecule has 2 amide bonds. The average molecular weight is 532 g/mol. The summed E-state index contributed by atoms with van der Waals surface area (Å²) in [5, 5.41) is 4.29. The van der Waals surface area contributed by atoms with E-state index in [0.29, 0.717) is 11.9 Å². The second-order valence-corrected chi connectivity index (χ2v) is 11.8. The molecule has 1 atom stereocenters. The number of hydrogen-bond acceptors (Lipinski definition) is 3. The zero-order valence-corrected chi connectivity index (χ0v) is 23.1. The van der Waals surface area contributed by atoms with Gasteiger partial charge in [0.2, 0.25) is 5.91 Å². The van der Waals surface area contributed by atoms with Gasteiger partial charge in [-0.05, 0) is 84.3 Å². The lowest BCUT2D eigenvalue weighted by molar-refractivity contribution is -0.124. The van der Waals surface area contributed by atoms with Crippen LogP contribution in [-0.2, 0) is 11.2 Å². The molecule has 7 rings (SSSR count). The summed E-state index contributed by atoms with van der Waals surface area (Å²) in [6, 6.07) is 27.5. The molecule has 5 heteroatoms. The fourth-order valence-electron chi connectivity index (χ4n) is 7.36. The molecular weight excluding hydrogens is 494 g/mol. The lowest BCUT2D eigenvalue weighted by Crippen LogP contribution is -2.52. The molecule has 204 valence electrons. The topological polar surface area (TPSA) is 43.9 Å². The number of benzene rings is 4. The molecule has 4 aromatic rings. The molecule has 0 aromatic heterocycles. The number of piperidine rings is 2. The first-order valence-corrected chi connectivity index (χ1v) is 15.0. The van der Waals surface area contributed by atoms with Gasteiger partial charge in [-0.15, -0.1) is 0 Å². The molecule has 4 aromatic carbocycles. The number of anilines is 1. The molecule has 0 N–H and O–H groups in total. The Bertz CT molecular complexity index is 1520. The van der Waals surface area contributed by atoms with Crippen molar-refractivity contribution >= 4 is 39.0 Å². The molecule has 3 aliphatic heterocycles. The third-order valence-corrected chi connectivity index (χ3v) is 9.43. The Balaban J connectivity index is 1.04. The van der Waals surface area contributed by atoms with Gasteiger partial charge in [-0.1, -0.05) is 66.7 Å². The SMILES string of the molecule is O=C(c1c2ccccc2cc2ccccc12)N1CCC(N2CCC[C@@H](C(=O)N3CCCc4ccccc43)C2)CC1. The van der Waals surface area contributed by atoms with Gasteiger partial charge >= 0.3 is 0 Å². The average Bonchev–Trinajstić information content (AvgIpc) is 3.03. The highest BCUT2D eigenvalue weighted by Crippen LogP contribution is 2.33. The molecule has 2 fully saturated rings. The number of hydrogen-bond donors (Lipinski definition) is 0. The molecular formula is C35H37N3O2. The first-order chi connectivity index (χ1) is 19.7. The highest BCUT2D eigenvalue weighted by Gasteiger charge is 2.36. The van der Waals surface area contributed by atoms with Crippen molar-refractivity contribution in [2.24, 2.45) is 5.92 Å². The van der Waals surface area contributed by atoms with Crippen LogP contribution in [0.2, 0.25) is 0 Å². The van der Waals surface area contributed by atoms with E-state index in [0.717, 1.165) is 104 Å². The van der Waals surface area contributed by atoms with E-state index in [2.05, 4.69) is 63.2 Å². The molecule has 0 radical (unpaired) electrons. The Morgan fingerprint density at radius 2 is 1.38 bits per heavy atom. The Morgan fingerprint density at radius 1 is 0.700 bits per heavy atom. The standard InChI is InChI=1S/C35H37N3O2/c39-34(38-20-8-12-25-9-3-6-16-32(25)38)28-13-7-19-37(24-28)29-17-21-36(22-18-29)35(40)33-30-14-4-1-10-26(30)23-27-11-2-5-15-31(27)33/h1-6,9-11,14-16,23,28-29H,7-8,12-13,17-22,24H2/t28-/m1/s1. The fourth-order valence-corrected chi connectivity index (χ4v) is 7.36.